The third-order valence-electron chi connectivity index (χ3n) is 1.15. The maximum atomic E-state index is 8.23. The van der Waals surface area contributed by atoms with Crippen LogP contribution in [0.15, 0.2) is 27.8 Å². The molecule has 0 unspecified atom stereocenters. The van der Waals surface area contributed by atoms with Gasteiger partial charge in [-0.2, -0.15) is 0 Å². The van der Waals surface area contributed by atoms with E-state index >= 15 is 0 Å². The van der Waals surface area contributed by atoms with Crippen LogP contribution in [0, 0.1) is 0 Å². The van der Waals surface area contributed by atoms with E-state index < -0.39 is 0 Å². The molecule has 0 bridgehead atoms. The number of oxime groups is 1. The SMILES string of the molecule is O/N=C/c1cc(Br)ccc1Cl. The third-order valence-corrected chi connectivity index (χ3v) is 1.99. The van der Waals surface area contributed by atoms with E-state index in [4.69, 9.17) is 16.8 Å². The van der Waals surface area contributed by atoms with E-state index in [1.807, 2.05) is 6.07 Å². The monoisotopic (exact) mass is 233 g/mol. The molecule has 0 saturated carbocycles. The molecule has 0 spiro atoms. The first-order valence-electron chi connectivity index (χ1n) is 2.86. The van der Waals surface area contributed by atoms with Crippen molar-refractivity contribution in [3.8, 4) is 0 Å². The van der Waals surface area contributed by atoms with Gasteiger partial charge in [-0.1, -0.05) is 32.7 Å². The minimum atomic E-state index is 0.561. The van der Waals surface area contributed by atoms with E-state index in [-0.39, 0.29) is 0 Å². The molecule has 0 aliphatic carbocycles. The van der Waals surface area contributed by atoms with Gasteiger partial charge in [0.05, 0.1) is 6.21 Å². The lowest BCUT2D eigenvalue weighted by molar-refractivity contribution is 0.322. The lowest BCUT2D eigenvalue weighted by atomic mass is 10.2. The van der Waals surface area contributed by atoms with Crippen LogP contribution in [0.4, 0.5) is 0 Å². The van der Waals surface area contributed by atoms with Crippen LogP contribution in [0.1, 0.15) is 5.56 Å². The van der Waals surface area contributed by atoms with Crippen molar-refractivity contribution in [2.24, 2.45) is 5.16 Å². The molecule has 1 aromatic carbocycles. The Kier molecular flexibility index (Phi) is 2.91. The minimum Gasteiger partial charge on any atom is -0.411 e. The summed E-state index contributed by atoms with van der Waals surface area (Å²) >= 11 is 9.02. The molecule has 0 radical (unpaired) electrons. The van der Waals surface area contributed by atoms with Gasteiger partial charge in [0.1, 0.15) is 0 Å². The van der Waals surface area contributed by atoms with Crippen LogP contribution in [-0.2, 0) is 0 Å². The smallest absolute Gasteiger partial charge is 0.0749 e. The molecule has 0 aliphatic rings. The largest absolute Gasteiger partial charge is 0.411 e. The molecule has 0 saturated heterocycles. The summed E-state index contributed by atoms with van der Waals surface area (Å²) in [6.45, 7) is 0. The number of hydrogen-bond acceptors (Lipinski definition) is 2. The summed E-state index contributed by atoms with van der Waals surface area (Å²) in [6.07, 6.45) is 1.28. The molecule has 0 aromatic heterocycles. The number of hydrogen-bond donors (Lipinski definition) is 1. The van der Waals surface area contributed by atoms with Crippen molar-refractivity contribution < 1.29 is 5.21 Å². The number of halogens is 2. The Balaban J connectivity index is 3.12. The van der Waals surface area contributed by atoms with Crippen LogP contribution < -0.4 is 0 Å². The molecule has 1 rings (SSSR count). The molecule has 0 fully saturated rings. The summed E-state index contributed by atoms with van der Waals surface area (Å²) in [4.78, 5) is 0. The summed E-state index contributed by atoms with van der Waals surface area (Å²) in [5.74, 6) is 0. The Hall–Kier alpha value is -0.540. The summed E-state index contributed by atoms with van der Waals surface area (Å²) < 4.78 is 0.900. The molecule has 58 valence electrons. The molecule has 2 nitrogen and oxygen atoms in total. The van der Waals surface area contributed by atoms with E-state index in [9.17, 15) is 0 Å². The lowest BCUT2D eigenvalue weighted by Crippen LogP contribution is -1.82. The van der Waals surface area contributed by atoms with Gasteiger partial charge in [0.2, 0.25) is 0 Å². The fraction of sp³-hybridized carbons (Fsp3) is 0. The first-order valence-corrected chi connectivity index (χ1v) is 4.03. The second-order valence-corrected chi connectivity index (χ2v) is 3.23. The second kappa shape index (κ2) is 3.74. The zero-order valence-electron chi connectivity index (χ0n) is 5.46. The number of benzene rings is 1. The van der Waals surface area contributed by atoms with Crippen molar-refractivity contribution in [3.63, 3.8) is 0 Å². The third kappa shape index (κ3) is 2.20. The highest BCUT2D eigenvalue weighted by Gasteiger charge is 1.96. The zero-order valence-corrected chi connectivity index (χ0v) is 7.80. The molecule has 0 aliphatic heterocycles. The maximum Gasteiger partial charge on any atom is 0.0749 e. The quantitative estimate of drug-likeness (QED) is 0.452. The predicted molar refractivity (Wildman–Crippen MR) is 48.5 cm³/mol. The Bertz CT molecular complexity index is 288. The van der Waals surface area contributed by atoms with E-state index in [2.05, 4.69) is 21.1 Å². The number of rotatable bonds is 1. The first kappa shape index (κ1) is 8.56. The van der Waals surface area contributed by atoms with Crippen molar-refractivity contribution in [1.82, 2.24) is 0 Å². The van der Waals surface area contributed by atoms with Gasteiger partial charge in [0.25, 0.3) is 0 Å². The van der Waals surface area contributed by atoms with Crippen molar-refractivity contribution in [2.45, 2.75) is 0 Å². The Morgan fingerprint density at radius 1 is 1.55 bits per heavy atom. The molecule has 11 heavy (non-hydrogen) atoms. The Morgan fingerprint density at radius 3 is 2.91 bits per heavy atom. The molecule has 1 N–H and O–H groups in total. The Labute approximate surface area is 77.6 Å². The lowest BCUT2D eigenvalue weighted by Gasteiger charge is -1.96. The highest BCUT2D eigenvalue weighted by Crippen LogP contribution is 2.19. The fourth-order valence-electron chi connectivity index (χ4n) is 0.676. The van der Waals surface area contributed by atoms with Crippen molar-refractivity contribution in [1.29, 1.82) is 0 Å². The predicted octanol–water partition coefficient (Wildman–Crippen LogP) is 2.91. The number of nitrogens with zero attached hydrogens (tertiary/aromatic N) is 1. The summed E-state index contributed by atoms with van der Waals surface area (Å²) in [6, 6.07) is 5.31. The standard InChI is InChI=1S/C7H5BrClNO/c8-6-1-2-7(9)5(3-6)4-10-11/h1-4,11H/b10-4+. The van der Waals surface area contributed by atoms with Crippen LogP contribution in [-0.4, -0.2) is 11.4 Å². The highest BCUT2D eigenvalue weighted by atomic mass is 79.9. The van der Waals surface area contributed by atoms with Gasteiger partial charge in [-0.3, -0.25) is 0 Å². The molecule has 1 aromatic rings. The van der Waals surface area contributed by atoms with Crippen LogP contribution in [0.2, 0.25) is 5.02 Å². The molecular weight excluding hydrogens is 229 g/mol. The fourth-order valence-corrected chi connectivity index (χ4v) is 1.22. The first-order chi connectivity index (χ1) is 5.24. The molecule has 4 heteroatoms. The van der Waals surface area contributed by atoms with E-state index in [1.165, 1.54) is 6.21 Å². The van der Waals surface area contributed by atoms with Crippen LogP contribution >= 0.6 is 27.5 Å². The zero-order chi connectivity index (χ0) is 8.27. The summed E-state index contributed by atoms with van der Waals surface area (Å²) in [5, 5.41) is 11.7. The topological polar surface area (TPSA) is 32.6 Å². The Morgan fingerprint density at radius 2 is 2.27 bits per heavy atom. The van der Waals surface area contributed by atoms with Crippen LogP contribution in [0.5, 0.6) is 0 Å². The van der Waals surface area contributed by atoms with Crippen molar-refractivity contribution in [3.05, 3.63) is 33.3 Å². The average molecular weight is 234 g/mol. The van der Waals surface area contributed by atoms with Gasteiger partial charge >= 0.3 is 0 Å². The van der Waals surface area contributed by atoms with Crippen molar-refractivity contribution >= 4 is 33.7 Å². The van der Waals surface area contributed by atoms with Gasteiger partial charge in [-0.15, -0.1) is 0 Å². The summed E-state index contributed by atoms with van der Waals surface area (Å²) in [7, 11) is 0. The molecule has 0 amide bonds. The van der Waals surface area contributed by atoms with E-state index in [0.717, 1.165) is 4.47 Å². The van der Waals surface area contributed by atoms with Gasteiger partial charge in [-0.05, 0) is 18.2 Å². The van der Waals surface area contributed by atoms with Gasteiger partial charge in [0.15, 0.2) is 0 Å². The van der Waals surface area contributed by atoms with Gasteiger partial charge in [-0.25, -0.2) is 0 Å². The normalized spacial score (nSPS) is 10.7. The second-order valence-electron chi connectivity index (χ2n) is 1.91. The van der Waals surface area contributed by atoms with Gasteiger partial charge < -0.3 is 5.21 Å². The molecular formula is C7H5BrClNO. The van der Waals surface area contributed by atoms with Crippen LogP contribution in [0.3, 0.4) is 0 Å². The van der Waals surface area contributed by atoms with Crippen molar-refractivity contribution in [2.75, 3.05) is 0 Å². The average Bonchev–Trinajstić information content (AvgIpc) is 1.98. The molecule has 0 atom stereocenters. The highest BCUT2D eigenvalue weighted by molar-refractivity contribution is 9.10. The van der Waals surface area contributed by atoms with E-state index in [1.54, 1.807) is 12.1 Å². The minimum absolute atomic E-state index is 0.561. The summed E-state index contributed by atoms with van der Waals surface area (Å²) in [5.41, 5.74) is 0.684. The van der Waals surface area contributed by atoms with E-state index in [0.29, 0.717) is 10.6 Å². The maximum absolute atomic E-state index is 8.23. The van der Waals surface area contributed by atoms with Crippen LogP contribution in [0.25, 0.3) is 0 Å². The molecule has 0 heterocycles. The van der Waals surface area contributed by atoms with Gasteiger partial charge in [0, 0.05) is 15.1 Å².